The van der Waals surface area contributed by atoms with E-state index in [-0.39, 0.29) is 0 Å². The quantitative estimate of drug-likeness (QED) is 0.523. The molecule has 0 aliphatic carbocycles. The first-order valence-corrected chi connectivity index (χ1v) is 5.09. The van der Waals surface area contributed by atoms with Crippen LogP contribution in [0.25, 0.3) is 0 Å². The van der Waals surface area contributed by atoms with Gasteiger partial charge in [0, 0.05) is 32.2 Å². The van der Waals surface area contributed by atoms with E-state index in [2.05, 4.69) is 18.2 Å². The molecule has 13 heavy (non-hydrogen) atoms. The minimum atomic E-state index is 0.581. The van der Waals surface area contributed by atoms with Gasteiger partial charge < -0.3 is 10.1 Å². The maximum absolute atomic E-state index is 5.32. The molecule has 1 aliphatic heterocycles. The number of ether oxygens (including phenoxy) is 1. The van der Waals surface area contributed by atoms with Crippen LogP contribution in [0.4, 0.5) is 0 Å². The van der Waals surface area contributed by atoms with Gasteiger partial charge in [-0.3, -0.25) is 0 Å². The Labute approximate surface area is 81.0 Å². The van der Waals surface area contributed by atoms with Crippen LogP contribution in [-0.2, 0) is 4.74 Å². The normalized spacial score (nSPS) is 20.9. The topological polar surface area (TPSA) is 21.3 Å². The highest BCUT2D eigenvalue weighted by molar-refractivity contribution is 4.85. The first-order valence-electron chi connectivity index (χ1n) is 5.09. The fraction of sp³-hybridized carbons (Fsp3) is 0.818. The third kappa shape index (κ3) is 3.80. The Morgan fingerprint density at radius 1 is 1.54 bits per heavy atom. The van der Waals surface area contributed by atoms with Crippen LogP contribution < -0.4 is 5.32 Å². The highest BCUT2D eigenvalue weighted by atomic mass is 16.5. The van der Waals surface area contributed by atoms with E-state index < -0.39 is 0 Å². The van der Waals surface area contributed by atoms with Crippen molar-refractivity contribution >= 4 is 0 Å². The van der Waals surface area contributed by atoms with Gasteiger partial charge in [0.15, 0.2) is 0 Å². The third-order valence-electron chi connectivity index (χ3n) is 2.71. The summed E-state index contributed by atoms with van der Waals surface area (Å²) in [5, 5.41) is 3.46. The average Bonchev–Trinajstić information content (AvgIpc) is 2.19. The molecule has 2 heteroatoms. The Kier molecular flexibility index (Phi) is 4.88. The Bertz CT molecular complexity index is 167. The van der Waals surface area contributed by atoms with Gasteiger partial charge in [0.1, 0.15) is 0 Å². The molecular weight excluding hydrogens is 162 g/mol. The van der Waals surface area contributed by atoms with Gasteiger partial charge in [-0.2, -0.15) is 0 Å². The van der Waals surface area contributed by atoms with E-state index in [9.17, 15) is 0 Å². The van der Waals surface area contributed by atoms with Gasteiger partial charge in [0.05, 0.1) is 0 Å². The molecule has 1 aliphatic rings. The summed E-state index contributed by atoms with van der Waals surface area (Å²) in [4.78, 5) is 0. The molecule has 0 amide bonds. The van der Waals surface area contributed by atoms with E-state index in [1.165, 1.54) is 12.8 Å². The highest BCUT2D eigenvalue weighted by Crippen LogP contribution is 2.18. The van der Waals surface area contributed by atoms with Crippen molar-refractivity contribution in [2.24, 2.45) is 5.92 Å². The lowest BCUT2D eigenvalue weighted by atomic mass is 9.93. The number of hydrogen-bond acceptors (Lipinski definition) is 2. The van der Waals surface area contributed by atoms with Crippen LogP contribution in [0.15, 0.2) is 0 Å². The lowest BCUT2D eigenvalue weighted by Gasteiger charge is -2.28. The van der Waals surface area contributed by atoms with Crippen molar-refractivity contribution in [3.8, 4) is 12.3 Å². The second-order valence-corrected chi connectivity index (χ2v) is 3.65. The maximum atomic E-state index is 5.32. The second kappa shape index (κ2) is 6.01. The Morgan fingerprint density at radius 2 is 2.23 bits per heavy atom. The predicted molar refractivity (Wildman–Crippen MR) is 54.5 cm³/mol. The van der Waals surface area contributed by atoms with Crippen LogP contribution in [0, 0.1) is 18.3 Å². The largest absolute Gasteiger partial charge is 0.381 e. The van der Waals surface area contributed by atoms with E-state index in [4.69, 9.17) is 11.2 Å². The van der Waals surface area contributed by atoms with E-state index >= 15 is 0 Å². The van der Waals surface area contributed by atoms with E-state index in [0.29, 0.717) is 6.04 Å². The van der Waals surface area contributed by atoms with E-state index in [1.807, 2.05) is 0 Å². The molecular formula is C11H19NO. The summed E-state index contributed by atoms with van der Waals surface area (Å²) in [7, 11) is 0. The Morgan fingerprint density at radius 3 is 2.85 bits per heavy atom. The van der Waals surface area contributed by atoms with Crippen LogP contribution >= 0.6 is 0 Å². The number of nitrogens with one attached hydrogen (secondary N) is 1. The fourth-order valence-electron chi connectivity index (χ4n) is 1.75. The zero-order valence-corrected chi connectivity index (χ0v) is 8.38. The smallest absolute Gasteiger partial charge is 0.0469 e. The summed E-state index contributed by atoms with van der Waals surface area (Å²) in [6.07, 6.45) is 8.38. The monoisotopic (exact) mass is 181 g/mol. The van der Waals surface area contributed by atoms with Crippen LogP contribution in [0.1, 0.15) is 26.2 Å². The standard InChI is InChI=1S/C11H19NO/c1-3-4-7-12-10(2)11-5-8-13-9-6-11/h1,10-12H,4-9H2,2H3. The number of terminal acetylenes is 1. The van der Waals surface area contributed by atoms with Crippen molar-refractivity contribution in [2.75, 3.05) is 19.8 Å². The molecule has 0 aromatic heterocycles. The zero-order valence-electron chi connectivity index (χ0n) is 8.38. The zero-order chi connectivity index (χ0) is 9.52. The first-order chi connectivity index (χ1) is 6.34. The number of hydrogen-bond donors (Lipinski definition) is 1. The third-order valence-corrected chi connectivity index (χ3v) is 2.71. The molecule has 1 unspecified atom stereocenters. The van der Waals surface area contributed by atoms with Gasteiger partial charge in [-0.15, -0.1) is 12.3 Å². The molecule has 0 radical (unpaired) electrons. The van der Waals surface area contributed by atoms with Crippen molar-refractivity contribution in [1.82, 2.24) is 5.32 Å². The minimum absolute atomic E-state index is 0.581. The van der Waals surface area contributed by atoms with Crippen molar-refractivity contribution in [1.29, 1.82) is 0 Å². The van der Waals surface area contributed by atoms with Crippen LogP contribution in [0.3, 0.4) is 0 Å². The SMILES string of the molecule is C#CCCNC(C)C1CCOCC1. The minimum Gasteiger partial charge on any atom is -0.381 e. The molecule has 0 bridgehead atoms. The van der Waals surface area contributed by atoms with Crippen molar-refractivity contribution in [3.05, 3.63) is 0 Å². The fourth-order valence-corrected chi connectivity index (χ4v) is 1.75. The van der Waals surface area contributed by atoms with Crippen molar-refractivity contribution < 1.29 is 4.74 Å². The van der Waals surface area contributed by atoms with Crippen LogP contribution in [0.5, 0.6) is 0 Å². The molecule has 0 aromatic carbocycles. The highest BCUT2D eigenvalue weighted by Gasteiger charge is 2.19. The predicted octanol–water partition coefficient (Wildman–Crippen LogP) is 1.41. The van der Waals surface area contributed by atoms with Gasteiger partial charge in [-0.25, -0.2) is 0 Å². The van der Waals surface area contributed by atoms with Gasteiger partial charge >= 0.3 is 0 Å². The number of rotatable bonds is 4. The average molecular weight is 181 g/mol. The molecule has 0 aromatic rings. The molecule has 74 valence electrons. The lowest BCUT2D eigenvalue weighted by Crippen LogP contribution is -2.37. The van der Waals surface area contributed by atoms with E-state index in [1.54, 1.807) is 0 Å². The van der Waals surface area contributed by atoms with Gasteiger partial charge in [-0.1, -0.05) is 0 Å². The second-order valence-electron chi connectivity index (χ2n) is 3.65. The van der Waals surface area contributed by atoms with Crippen LogP contribution in [0.2, 0.25) is 0 Å². The maximum Gasteiger partial charge on any atom is 0.0469 e. The molecule has 1 atom stereocenters. The van der Waals surface area contributed by atoms with E-state index in [0.717, 1.165) is 32.1 Å². The summed E-state index contributed by atoms with van der Waals surface area (Å²) in [5.41, 5.74) is 0. The molecule has 1 N–H and O–H groups in total. The van der Waals surface area contributed by atoms with Gasteiger partial charge in [0.2, 0.25) is 0 Å². The van der Waals surface area contributed by atoms with Crippen molar-refractivity contribution in [2.45, 2.75) is 32.2 Å². The molecule has 2 nitrogen and oxygen atoms in total. The lowest BCUT2D eigenvalue weighted by molar-refractivity contribution is 0.0561. The summed E-state index contributed by atoms with van der Waals surface area (Å²) in [6, 6.07) is 0.581. The molecule has 1 heterocycles. The Balaban J connectivity index is 2.14. The van der Waals surface area contributed by atoms with Crippen molar-refractivity contribution in [3.63, 3.8) is 0 Å². The summed E-state index contributed by atoms with van der Waals surface area (Å²) in [5.74, 6) is 3.41. The first kappa shape index (κ1) is 10.6. The summed E-state index contributed by atoms with van der Waals surface area (Å²) >= 11 is 0. The molecule has 1 rings (SSSR count). The van der Waals surface area contributed by atoms with Crippen LogP contribution in [-0.4, -0.2) is 25.8 Å². The van der Waals surface area contributed by atoms with Gasteiger partial charge in [-0.05, 0) is 25.7 Å². The summed E-state index contributed by atoms with van der Waals surface area (Å²) in [6.45, 7) is 5.03. The molecule has 1 saturated heterocycles. The Hall–Kier alpha value is -0.520. The summed E-state index contributed by atoms with van der Waals surface area (Å²) < 4.78 is 5.32. The molecule has 0 saturated carbocycles. The molecule has 1 fully saturated rings. The molecule has 0 spiro atoms. The van der Waals surface area contributed by atoms with Gasteiger partial charge in [0.25, 0.3) is 0 Å².